The highest BCUT2D eigenvalue weighted by molar-refractivity contribution is 7.85. The van der Waals surface area contributed by atoms with Crippen LogP contribution in [0.2, 0.25) is 0 Å². The normalized spacial score (nSPS) is 42.9. The van der Waals surface area contributed by atoms with E-state index in [0.717, 1.165) is 0 Å². The molecule has 512 valence electrons. The maximum atomic E-state index is 11.1. The van der Waals surface area contributed by atoms with E-state index in [1.165, 1.54) is 0 Å². The zero-order chi connectivity index (χ0) is 65.6. The van der Waals surface area contributed by atoms with Crippen LogP contribution in [0.5, 0.6) is 0 Å². The van der Waals surface area contributed by atoms with Gasteiger partial charge in [0.15, 0.2) is 46.3 Å². The summed E-state index contributed by atoms with van der Waals surface area (Å²) in [6, 6.07) is 0. The molecule has 0 aromatic heterocycles. The fraction of sp³-hybridized carbons (Fsp3) is 1.00. The summed E-state index contributed by atoms with van der Waals surface area (Å²) in [6.07, 6.45) is -6.00. The molecule has 0 aliphatic carbocycles. The predicted molar refractivity (Wildman–Crippen MR) is 286 cm³/mol. The van der Waals surface area contributed by atoms with Crippen molar-refractivity contribution in [1.82, 2.24) is 0 Å². The molecule has 0 radical (unpaired) electrons. The molecule has 0 aromatic rings. The lowest BCUT2D eigenvalue weighted by Crippen LogP contribution is -2.60. The third kappa shape index (κ3) is 16.3. The molecule has 16 atom stereocenters. The quantitative estimate of drug-likeness (QED) is 0.171. The summed E-state index contributed by atoms with van der Waals surface area (Å²) < 4.78 is 224. The molecule has 0 aromatic carbocycles. The molecular formula is C48H84N4O32S4. The van der Waals surface area contributed by atoms with E-state index in [4.69, 9.17) is 132 Å². The van der Waals surface area contributed by atoms with Gasteiger partial charge in [0, 0.05) is 0 Å². The largest absolute Gasteiger partial charge is 0.343 e. The molecule has 36 nitrogen and oxygen atoms in total. The summed E-state index contributed by atoms with van der Waals surface area (Å²) >= 11 is 0. The molecule has 0 unspecified atom stereocenters. The predicted octanol–water partition coefficient (Wildman–Crippen LogP) is -1.58. The zero-order valence-electron chi connectivity index (χ0n) is 51.6. The Labute approximate surface area is 511 Å². The lowest BCUT2D eigenvalue weighted by Gasteiger charge is -2.40. The molecule has 12 saturated heterocycles. The summed E-state index contributed by atoms with van der Waals surface area (Å²) in [6.45, 7) is 26.8. The highest BCUT2D eigenvalue weighted by atomic mass is 32.2. The van der Waals surface area contributed by atoms with Gasteiger partial charge in [0.2, 0.25) is 23.1 Å². The number of rotatable bonds is 12. The molecule has 12 fully saturated rings. The molecule has 12 heterocycles. The minimum Gasteiger partial charge on any atom is -0.343 e. The number of nitrogens with two attached hydrogens (primary N) is 4. The SMILES string of the molecule is CC1(C)O[C@@H]2[C@@H](CO[C@@]3(COS(N)(=O)=O)OC(C)(C)O[C@@H]23)O1.CC1(C)O[C@@H]2[C@@H](CO[C@@]3(COS(N)(=O)=O)OC(C)(C)O[C@@H]23)O1.CC1(C)O[C@@H]2[C@@H](CO[C@@]3(COS(N)(=O)=O)OC(C)(C)O[C@@H]23)O1.CC1(C)O[C@@H]2[C@@H](CO[C@@]3(COS(N)(=O)=O)OC(C)(C)O[C@@H]23)O1. The second kappa shape index (κ2) is 23.2. The topological polar surface area (TPSA) is 462 Å². The van der Waals surface area contributed by atoms with Crippen molar-refractivity contribution in [2.75, 3.05) is 52.9 Å². The maximum absolute atomic E-state index is 11.1. The summed E-state index contributed by atoms with van der Waals surface area (Å²) in [7, 11) is -16.5. The number of hydrogen-bond acceptors (Lipinski definition) is 32. The molecule has 12 rings (SSSR count). The Balaban J connectivity index is 0.000000140. The first-order valence-corrected chi connectivity index (χ1v) is 33.7. The lowest BCUT2D eigenvalue weighted by atomic mass is 9.98. The van der Waals surface area contributed by atoms with E-state index in [9.17, 15) is 33.7 Å². The molecule has 88 heavy (non-hydrogen) atoms. The van der Waals surface area contributed by atoms with Gasteiger partial charge in [-0.1, -0.05) is 0 Å². The van der Waals surface area contributed by atoms with Crippen molar-refractivity contribution in [3.63, 3.8) is 0 Å². The van der Waals surface area contributed by atoms with Gasteiger partial charge in [-0.3, -0.25) is 16.7 Å². The Morgan fingerprint density at radius 3 is 0.614 bits per heavy atom. The van der Waals surface area contributed by atoms with Crippen LogP contribution in [0.4, 0.5) is 0 Å². The molecule has 8 N–H and O–H groups in total. The number of fused-ring (bicyclic) bond motifs is 12. The van der Waals surface area contributed by atoms with Crippen LogP contribution < -0.4 is 20.6 Å². The van der Waals surface area contributed by atoms with Crippen LogP contribution >= 0.6 is 0 Å². The Kier molecular flexibility index (Phi) is 18.7. The Morgan fingerprint density at radius 2 is 0.455 bits per heavy atom. The van der Waals surface area contributed by atoms with E-state index < -0.39 is 186 Å². The van der Waals surface area contributed by atoms with Gasteiger partial charge in [-0.15, -0.1) is 0 Å². The second-order valence-electron chi connectivity index (χ2n) is 26.2. The minimum absolute atomic E-state index is 0.165. The van der Waals surface area contributed by atoms with Crippen LogP contribution in [0, 0.1) is 0 Å². The van der Waals surface area contributed by atoms with Gasteiger partial charge in [0.25, 0.3) is 0 Å². The van der Waals surface area contributed by atoms with Crippen LogP contribution in [0.1, 0.15) is 111 Å². The van der Waals surface area contributed by atoms with E-state index in [0.29, 0.717) is 0 Å². The summed E-state index contributed by atoms with van der Waals surface area (Å²) in [4.78, 5) is 0. The van der Waals surface area contributed by atoms with E-state index in [1.54, 1.807) is 111 Å². The first-order valence-electron chi connectivity index (χ1n) is 27.8. The van der Waals surface area contributed by atoms with Crippen molar-refractivity contribution in [2.45, 2.75) is 253 Å². The third-order valence-corrected chi connectivity index (χ3v) is 16.6. The molecule has 0 bridgehead atoms. The molecule has 12 aliphatic heterocycles. The van der Waals surface area contributed by atoms with Crippen LogP contribution in [-0.2, 0) is 153 Å². The standard InChI is InChI=1S/4C12H21NO8S/c4*1-10(2)18-7-5-16-12(6-17-22(13,14)15)9(8(7)19-10)20-11(3,4)21-12/h4*7-9H,5-6H2,1-4H3,(H2,13,14,15)/t4*7-,8-,9+,12+/m1111/s1. The molecule has 0 spiro atoms. The van der Waals surface area contributed by atoms with Gasteiger partial charge in [-0.05, 0) is 111 Å². The van der Waals surface area contributed by atoms with E-state index in [-0.39, 0.29) is 50.8 Å². The van der Waals surface area contributed by atoms with Gasteiger partial charge in [-0.25, -0.2) is 20.6 Å². The molecule has 40 heteroatoms. The zero-order valence-corrected chi connectivity index (χ0v) is 54.9. The third-order valence-electron chi connectivity index (χ3n) is 14.8. The van der Waals surface area contributed by atoms with Crippen LogP contribution in [0.3, 0.4) is 0 Å². The molecule has 0 amide bonds. The van der Waals surface area contributed by atoms with Crippen molar-refractivity contribution in [2.24, 2.45) is 20.6 Å². The minimum atomic E-state index is -4.14. The van der Waals surface area contributed by atoms with Crippen LogP contribution in [0.15, 0.2) is 0 Å². The van der Waals surface area contributed by atoms with Crippen molar-refractivity contribution in [3.8, 4) is 0 Å². The Bertz CT molecular complexity index is 2650. The lowest BCUT2D eigenvalue weighted by molar-refractivity contribution is -0.290. The van der Waals surface area contributed by atoms with Crippen LogP contribution in [0.25, 0.3) is 0 Å². The summed E-state index contributed by atoms with van der Waals surface area (Å²) in [5, 5.41) is 19.6. The first-order chi connectivity index (χ1) is 39.7. The Hall–Kier alpha value is -1.32. The van der Waals surface area contributed by atoms with Gasteiger partial charge >= 0.3 is 41.2 Å². The van der Waals surface area contributed by atoms with E-state index in [1.807, 2.05) is 0 Å². The van der Waals surface area contributed by atoms with E-state index in [2.05, 4.69) is 0 Å². The van der Waals surface area contributed by atoms with Gasteiger partial charge < -0.3 is 94.7 Å². The van der Waals surface area contributed by atoms with Crippen molar-refractivity contribution >= 4 is 41.2 Å². The van der Waals surface area contributed by atoms with Crippen molar-refractivity contribution in [1.29, 1.82) is 0 Å². The highest BCUT2D eigenvalue weighted by Gasteiger charge is 2.70. The fourth-order valence-corrected chi connectivity index (χ4v) is 13.8. The summed E-state index contributed by atoms with van der Waals surface area (Å²) in [5.74, 6) is -12.8. The van der Waals surface area contributed by atoms with E-state index >= 15 is 0 Å². The monoisotopic (exact) mass is 1360 g/mol. The Morgan fingerprint density at radius 1 is 0.284 bits per heavy atom. The summed E-state index contributed by atoms with van der Waals surface area (Å²) in [5.41, 5.74) is 0. The molecular weight excluding hydrogens is 1270 g/mol. The van der Waals surface area contributed by atoms with Gasteiger partial charge in [0.05, 0.1) is 26.4 Å². The van der Waals surface area contributed by atoms with Crippen molar-refractivity contribution < 1.29 is 145 Å². The molecule has 12 aliphatic rings. The van der Waals surface area contributed by atoms with Gasteiger partial charge in [0.1, 0.15) is 99.7 Å². The second-order valence-corrected chi connectivity index (χ2v) is 31.1. The maximum Gasteiger partial charge on any atom is 0.333 e. The average Bonchev–Trinajstić information content (AvgIpc) is 1.86. The smallest absolute Gasteiger partial charge is 0.333 e. The number of hydrogen-bond donors (Lipinski definition) is 4. The van der Waals surface area contributed by atoms with Crippen LogP contribution in [-0.4, -0.2) is 229 Å². The number of ether oxygens (including phenoxy) is 20. The molecule has 0 saturated carbocycles. The van der Waals surface area contributed by atoms with Crippen molar-refractivity contribution in [3.05, 3.63) is 0 Å². The highest BCUT2D eigenvalue weighted by Crippen LogP contribution is 2.52. The van der Waals surface area contributed by atoms with Gasteiger partial charge in [-0.2, -0.15) is 33.7 Å². The fourth-order valence-electron chi connectivity index (χ4n) is 12.4. The average molecular weight is 1360 g/mol. The first kappa shape index (κ1) is 71.0.